The molecule has 0 atom stereocenters. The van der Waals surface area contributed by atoms with Gasteiger partial charge in [0.2, 0.25) is 0 Å². The third kappa shape index (κ3) is 5.44. The molecular formula is C13H18N4O3S. The summed E-state index contributed by atoms with van der Waals surface area (Å²) in [5.74, 6) is -0.703. The molecule has 0 bridgehead atoms. The molecule has 1 rings (SSSR count). The Kier molecular flexibility index (Phi) is 6.70. The SMILES string of the molecule is CCCC(=O)N(O)C(=O)N(S)N/N=C/c1ccc(C)cc1. The Morgan fingerprint density at radius 2 is 2.00 bits per heavy atom. The van der Waals surface area contributed by atoms with Crippen LogP contribution in [0.1, 0.15) is 30.9 Å². The van der Waals surface area contributed by atoms with Crippen LogP contribution in [0.15, 0.2) is 29.4 Å². The number of nitrogens with zero attached hydrogens (tertiary/aromatic N) is 3. The quantitative estimate of drug-likeness (QED) is 0.336. The van der Waals surface area contributed by atoms with E-state index in [-0.39, 0.29) is 11.5 Å². The molecule has 1 aromatic rings. The van der Waals surface area contributed by atoms with Crippen LogP contribution >= 0.6 is 12.8 Å². The van der Waals surface area contributed by atoms with Gasteiger partial charge >= 0.3 is 6.03 Å². The smallest absolute Gasteiger partial charge is 0.277 e. The summed E-state index contributed by atoms with van der Waals surface area (Å²) in [5, 5.41) is 13.2. The molecule has 21 heavy (non-hydrogen) atoms. The maximum atomic E-state index is 11.6. The predicted molar refractivity (Wildman–Crippen MR) is 81.7 cm³/mol. The van der Waals surface area contributed by atoms with Gasteiger partial charge in [0, 0.05) is 6.42 Å². The normalized spacial score (nSPS) is 10.5. The number of thiol groups is 1. The van der Waals surface area contributed by atoms with E-state index < -0.39 is 11.9 Å². The number of amides is 3. The van der Waals surface area contributed by atoms with Crippen molar-refractivity contribution in [3.8, 4) is 0 Å². The number of nitrogens with one attached hydrogen (secondary N) is 1. The summed E-state index contributed by atoms with van der Waals surface area (Å²) < 4.78 is 0.609. The van der Waals surface area contributed by atoms with Gasteiger partial charge in [0.05, 0.1) is 6.21 Å². The zero-order valence-corrected chi connectivity index (χ0v) is 12.7. The Bertz CT molecular complexity index is 519. The second-order valence-corrected chi connectivity index (χ2v) is 4.72. The van der Waals surface area contributed by atoms with E-state index in [1.807, 2.05) is 31.2 Å². The Morgan fingerprint density at radius 3 is 2.57 bits per heavy atom. The third-order valence-electron chi connectivity index (χ3n) is 2.51. The molecular weight excluding hydrogens is 292 g/mol. The van der Waals surface area contributed by atoms with Crippen molar-refractivity contribution in [2.24, 2.45) is 5.10 Å². The van der Waals surface area contributed by atoms with Crippen molar-refractivity contribution >= 4 is 31.0 Å². The van der Waals surface area contributed by atoms with Crippen LogP contribution in [0.4, 0.5) is 4.79 Å². The first-order valence-electron chi connectivity index (χ1n) is 6.36. The van der Waals surface area contributed by atoms with Crippen LogP contribution in [-0.4, -0.2) is 32.8 Å². The van der Waals surface area contributed by atoms with E-state index in [9.17, 15) is 14.8 Å². The lowest BCUT2D eigenvalue weighted by Crippen LogP contribution is -2.44. The first kappa shape index (κ1) is 17.0. The molecule has 0 heterocycles. The second-order valence-electron chi connectivity index (χ2n) is 4.32. The van der Waals surface area contributed by atoms with Gasteiger partial charge in [-0.3, -0.25) is 10.0 Å². The first-order chi connectivity index (χ1) is 9.95. The molecule has 1 aromatic carbocycles. The molecule has 0 aliphatic carbocycles. The molecule has 0 saturated heterocycles. The van der Waals surface area contributed by atoms with Crippen molar-refractivity contribution in [2.45, 2.75) is 26.7 Å². The molecule has 0 radical (unpaired) electrons. The number of carbonyl (C=O) groups excluding carboxylic acids is 2. The third-order valence-corrected chi connectivity index (χ3v) is 2.77. The summed E-state index contributed by atoms with van der Waals surface area (Å²) in [5.41, 5.74) is 4.23. The van der Waals surface area contributed by atoms with Gasteiger partial charge in [-0.25, -0.2) is 10.3 Å². The number of hydrogen-bond donors (Lipinski definition) is 3. The maximum absolute atomic E-state index is 11.6. The molecule has 0 fully saturated rings. The highest BCUT2D eigenvalue weighted by molar-refractivity contribution is 7.78. The number of hydrazone groups is 1. The number of benzene rings is 1. The molecule has 2 N–H and O–H groups in total. The van der Waals surface area contributed by atoms with Gasteiger partial charge in [-0.05, 0) is 31.7 Å². The fraction of sp³-hybridized carbons (Fsp3) is 0.308. The standard InChI is InChI=1S/C13H18N4O3S/c1-3-4-12(18)16(20)13(19)17(21)15-14-9-11-7-5-10(2)6-8-11/h5-9,15,20-21H,3-4H2,1-2H3/b14-9+. The average molecular weight is 310 g/mol. The number of hydrogen-bond acceptors (Lipinski definition) is 6. The fourth-order valence-electron chi connectivity index (χ4n) is 1.37. The minimum absolute atomic E-state index is 0.00486. The molecule has 0 unspecified atom stereocenters. The predicted octanol–water partition coefficient (Wildman–Crippen LogP) is 2.12. The number of aryl methyl sites for hydroxylation is 1. The summed E-state index contributed by atoms with van der Waals surface area (Å²) in [6.45, 7) is 3.73. The number of rotatable bonds is 5. The minimum Gasteiger partial charge on any atom is -0.277 e. The van der Waals surface area contributed by atoms with Gasteiger partial charge < -0.3 is 0 Å². The molecule has 0 aliphatic heterocycles. The van der Waals surface area contributed by atoms with E-state index in [2.05, 4.69) is 23.5 Å². The molecule has 8 heteroatoms. The molecule has 0 aliphatic rings. The lowest BCUT2D eigenvalue weighted by molar-refractivity contribution is -0.154. The second kappa shape index (κ2) is 8.28. The first-order valence-corrected chi connectivity index (χ1v) is 6.76. The van der Waals surface area contributed by atoms with Crippen molar-refractivity contribution < 1.29 is 14.8 Å². The summed E-state index contributed by atoms with van der Waals surface area (Å²) in [6, 6.07) is 6.52. The van der Waals surface area contributed by atoms with E-state index in [1.165, 1.54) is 6.21 Å². The van der Waals surface area contributed by atoms with E-state index in [0.717, 1.165) is 11.1 Å². The molecule has 0 aromatic heterocycles. The number of hydrazine groups is 1. The monoisotopic (exact) mass is 310 g/mol. The summed E-state index contributed by atoms with van der Waals surface area (Å²) in [4.78, 5) is 23.0. The van der Waals surface area contributed by atoms with Crippen molar-refractivity contribution in [2.75, 3.05) is 0 Å². The molecule has 0 saturated carbocycles. The van der Waals surface area contributed by atoms with Crippen molar-refractivity contribution in [3.63, 3.8) is 0 Å². The van der Waals surface area contributed by atoms with Crippen LogP contribution in [0.25, 0.3) is 0 Å². The summed E-state index contributed by atoms with van der Waals surface area (Å²) in [7, 11) is 0. The topological polar surface area (TPSA) is 85.2 Å². The maximum Gasteiger partial charge on any atom is 0.381 e. The zero-order chi connectivity index (χ0) is 15.8. The van der Waals surface area contributed by atoms with E-state index in [1.54, 1.807) is 6.92 Å². The number of carbonyl (C=O) groups is 2. The molecule has 114 valence electrons. The highest BCUT2D eigenvalue weighted by atomic mass is 32.1. The van der Waals surface area contributed by atoms with Crippen LogP contribution in [0.5, 0.6) is 0 Å². The van der Waals surface area contributed by atoms with Crippen LogP contribution in [0.2, 0.25) is 0 Å². The fourth-order valence-corrected chi connectivity index (χ4v) is 1.51. The van der Waals surface area contributed by atoms with Gasteiger partial charge in [-0.15, -0.1) is 5.06 Å². The minimum atomic E-state index is -1.03. The van der Waals surface area contributed by atoms with Gasteiger partial charge in [-0.1, -0.05) is 36.8 Å². The summed E-state index contributed by atoms with van der Waals surface area (Å²) >= 11 is 3.79. The van der Waals surface area contributed by atoms with Crippen molar-refractivity contribution in [1.82, 2.24) is 15.0 Å². The van der Waals surface area contributed by atoms with Gasteiger partial charge in [0.25, 0.3) is 5.91 Å². The Hall–Kier alpha value is -2.06. The lowest BCUT2D eigenvalue weighted by atomic mass is 10.2. The number of imide groups is 1. The van der Waals surface area contributed by atoms with E-state index in [0.29, 0.717) is 10.8 Å². The van der Waals surface area contributed by atoms with Crippen LogP contribution in [0.3, 0.4) is 0 Å². The molecule has 0 spiro atoms. The highest BCUT2D eigenvalue weighted by Gasteiger charge is 2.22. The van der Waals surface area contributed by atoms with Gasteiger partial charge in [0.15, 0.2) is 0 Å². The van der Waals surface area contributed by atoms with E-state index in [4.69, 9.17) is 0 Å². The highest BCUT2D eigenvalue weighted by Crippen LogP contribution is 2.02. The molecule has 3 amide bonds. The van der Waals surface area contributed by atoms with Gasteiger partial charge in [0.1, 0.15) is 0 Å². The van der Waals surface area contributed by atoms with Crippen LogP contribution < -0.4 is 5.53 Å². The van der Waals surface area contributed by atoms with Crippen LogP contribution in [0, 0.1) is 6.92 Å². The Balaban J connectivity index is 2.52. The van der Waals surface area contributed by atoms with Crippen LogP contribution in [-0.2, 0) is 4.79 Å². The van der Waals surface area contributed by atoms with Crippen molar-refractivity contribution in [1.29, 1.82) is 0 Å². The largest absolute Gasteiger partial charge is 0.381 e. The van der Waals surface area contributed by atoms with Crippen molar-refractivity contribution in [3.05, 3.63) is 35.4 Å². The number of urea groups is 1. The average Bonchev–Trinajstić information content (AvgIpc) is 2.47. The number of hydroxylamine groups is 2. The summed E-state index contributed by atoms with van der Waals surface area (Å²) in [6.07, 6.45) is 2.07. The van der Waals surface area contributed by atoms with E-state index >= 15 is 0 Å². The zero-order valence-electron chi connectivity index (χ0n) is 11.9. The lowest BCUT2D eigenvalue weighted by Gasteiger charge is -2.19. The Labute approximate surface area is 128 Å². The van der Waals surface area contributed by atoms with Gasteiger partial charge in [-0.2, -0.15) is 9.52 Å². The molecule has 7 nitrogen and oxygen atoms in total. The Morgan fingerprint density at radius 1 is 1.38 bits per heavy atom.